The van der Waals surface area contributed by atoms with E-state index in [1.807, 2.05) is 31.1 Å². The molecule has 5 nitrogen and oxygen atoms in total. The highest BCUT2D eigenvalue weighted by atomic mass is 16.5. The number of pyridine rings is 1. The van der Waals surface area contributed by atoms with Gasteiger partial charge in [-0.25, -0.2) is 4.98 Å². The maximum atomic E-state index is 10.1. The second-order valence-electron chi connectivity index (χ2n) is 4.67. The van der Waals surface area contributed by atoms with E-state index in [0.717, 1.165) is 11.6 Å². The molecule has 1 atom stereocenters. The molecule has 96 valence electrons. The molecule has 0 amide bonds. The molecule has 0 radical (unpaired) electrons. The van der Waals surface area contributed by atoms with Crippen molar-refractivity contribution < 1.29 is 9.84 Å². The van der Waals surface area contributed by atoms with Crippen LogP contribution in [0.4, 0.5) is 5.82 Å². The highest BCUT2D eigenvalue weighted by Gasteiger charge is 2.20. The van der Waals surface area contributed by atoms with E-state index in [2.05, 4.69) is 10.3 Å². The van der Waals surface area contributed by atoms with E-state index in [1.54, 1.807) is 20.2 Å². The number of hydrogen-bond donors (Lipinski definition) is 2. The first-order valence-electron chi connectivity index (χ1n) is 5.54. The first-order chi connectivity index (χ1) is 7.93. The average molecular weight is 239 g/mol. The first kappa shape index (κ1) is 13.7. The molecule has 0 fully saturated rings. The van der Waals surface area contributed by atoms with Crippen LogP contribution in [0.25, 0.3) is 0 Å². The molecule has 0 saturated carbocycles. The molecular weight excluding hydrogens is 218 g/mol. The van der Waals surface area contributed by atoms with Crippen molar-refractivity contribution >= 4 is 5.82 Å². The number of aliphatic hydroxyl groups is 1. The highest BCUT2D eigenvalue weighted by molar-refractivity contribution is 5.37. The third-order valence-corrected chi connectivity index (χ3v) is 2.28. The maximum absolute atomic E-state index is 10.1. The number of methoxy groups -OCH3 is 1. The van der Waals surface area contributed by atoms with Gasteiger partial charge in [0.05, 0.1) is 18.9 Å². The number of aromatic nitrogens is 1. The summed E-state index contributed by atoms with van der Waals surface area (Å²) in [5, 5.41) is 13.2. The zero-order valence-electron chi connectivity index (χ0n) is 10.9. The van der Waals surface area contributed by atoms with Gasteiger partial charge < -0.3 is 20.1 Å². The van der Waals surface area contributed by atoms with Gasteiger partial charge >= 0.3 is 0 Å². The minimum Gasteiger partial charge on any atom is -0.495 e. The van der Waals surface area contributed by atoms with Gasteiger partial charge in [-0.05, 0) is 33.2 Å². The van der Waals surface area contributed by atoms with Crippen molar-refractivity contribution in [3.05, 3.63) is 18.3 Å². The number of ether oxygens (including phenoxy) is 1. The fourth-order valence-electron chi connectivity index (χ4n) is 1.62. The van der Waals surface area contributed by atoms with Gasteiger partial charge in [0.15, 0.2) is 0 Å². The molecule has 1 aromatic rings. The zero-order valence-corrected chi connectivity index (χ0v) is 10.9. The van der Waals surface area contributed by atoms with Gasteiger partial charge in [-0.15, -0.1) is 0 Å². The minimum absolute atomic E-state index is 0.449. The fraction of sp³-hybridized carbons (Fsp3) is 0.583. The molecule has 1 aromatic heterocycles. The Labute approximate surface area is 102 Å². The van der Waals surface area contributed by atoms with E-state index in [1.165, 1.54) is 0 Å². The summed E-state index contributed by atoms with van der Waals surface area (Å²) in [6.45, 7) is 2.84. The van der Waals surface area contributed by atoms with Gasteiger partial charge in [-0.3, -0.25) is 0 Å². The normalized spacial score (nSPS) is 14.5. The van der Waals surface area contributed by atoms with Crippen LogP contribution in [0.1, 0.15) is 6.92 Å². The lowest BCUT2D eigenvalue weighted by Gasteiger charge is -2.27. The third kappa shape index (κ3) is 5.01. The van der Waals surface area contributed by atoms with E-state index in [9.17, 15) is 5.11 Å². The van der Waals surface area contributed by atoms with Gasteiger partial charge in [0.25, 0.3) is 0 Å². The summed E-state index contributed by atoms with van der Waals surface area (Å²) in [4.78, 5) is 6.12. The minimum atomic E-state index is -0.787. The number of rotatable bonds is 6. The second kappa shape index (κ2) is 5.84. The van der Waals surface area contributed by atoms with E-state index in [0.29, 0.717) is 13.1 Å². The monoisotopic (exact) mass is 239 g/mol. The van der Waals surface area contributed by atoms with Crippen LogP contribution in [0.3, 0.4) is 0 Å². The van der Waals surface area contributed by atoms with Crippen LogP contribution in [0.5, 0.6) is 5.75 Å². The van der Waals surface area contributed by atoms with Crippen LogP contribution in [0.15, 0.2) is 18.3 Å². The summed E-state index contributed by atoms with van der Waals surface area (Å²) in [7, 11) is 5.46. The number of nitrogens with one attached hydrogen (secondary N) is 1. The Hall–Kier alpha value is -1.33. The Bertz CT molecular complexity index is 336. The first-order valence-corrected chi connectivity index (χ1v) is 5.54. The summed E-state index contributed by atoms with van der Waals surface area (Å²) in [6, 6.07) is 3.65. The molecular formula is C12H21N3O2. The number of hydrogen-bond acceptors (Lipinski definition) is 5. The molecule has 1 rings (SSSR count). The van der Waals surface area contributed by atoms with Crippen LogP contribution >= 0.6 is 0 Å². The summed E-state index contributed by atoms with van der Waals surface area (Å²) in [5.74, 6) is 1.44. The summed E-state index contributed by atoms with van der Waals surface area (Å²) >= 11 is 0. The Morgan fingerprint density at radius 1 is 1.47 bits per heavy atom. The molecule has 0 aliphatic carbocycles. The molecule has 0 aliphatic heterocycles. The molecule has 17 heavy (non-hydrogen) atoms. The maximum Gasteiger partial charge on any atom is 0.137 e. The Kier molecular flexibility index (Phi) is 4.72. The summed E-state index contributed by atoms with van der Waals surface area (Å²) in [6.07, 6.45) is 1.64. The lowest BCUT2D eigenvalue weighted by molar-refractivity contribution is 0.0459. The van der Waals surface area contributed by atoms with Crippen LogP contribution in [-0.4, -0.2) is 54.9 Å². The van der Waals surface area contributed by atoms with Crippen molar-refractivity contribution in [2.75, 3.05) is 39.6 Å². The largest absolute Gasteiger partial charge is 0.495 e. The van der Waals surface area contributed by atoms with Crippen molar-refractivity contribution in [1.29, 1.82) is 0 Å². The average Bonchev–Trinajstić information content (AvgIpc) is 2.25. The third-order valence-electron chi connectivity index (χ3n) is 2.28. The van der Waals surface area contributed by atoms with Crippen LogP contribution in [-0.2, 0) is 0 Å². The van der Waals surface area contributed by atoms with Gasteiger partial charge in [0.1, 0.15) is 11.6 Å². The molecule has 0 bridgehead atoms. The van der Waals surface area contributed by atoms with E-state index in [-0.39, 0.29) is 0 Å². The fourth-order valence-corrected chi connectivity index (χ4v) is 1.62. The van der Waals surface area contributed by atoms with E-state index < -0.39 is 5.60 Å². The molecule has 0 spiro atoms. The number of likely N-dealkylation sites (N-methyl/N-ethyl adjacent to an activating group) is 1. The van der Waals surface area contributed by atoms with Crippen molar-refractivity contribution in [2.24, 2.45) is 0 Å². The summed E-state index contributed by atoms with van der Waals surface area (Å²) < 4.78 is 5.02. The van der Waals surface area contributed by atoms with Crippen molar-refractivity contribution in [1.82, 2.24) is 9.88 Å². The molecule has 2 N–H and O–H groups in total. The van der Waals surface area contributed by atoms with E-state index in [4.69, 9.17) is 4.74 Å². The zero-order chi connectivity index (χ0) is 12.9. The Balaban J connectivity index is 2.48. The molecule has 1 heterocycles. The second-order valence-corrected chi connectivity index (χ2v) is 4.67. The van der Waals surface area contributed by atoms with Crippen LogP contribution in [0, 0.1) is 0 Å². The topological polar surface area (TPSA) is 57.6 Å². The molecule has 0 aromatic carbocycles. The van der Waals surface area contributed by atoms with Crippen molar-refractivity contribution in [2.45, 2.75) is 12.5 Å². The van der Waals surface area contributed by atoms with E-state index >= 15 is 0 Å². The van der Waals surface area contributed by atoms with Crippen LogP contribution in [0.2, 0.25) is 0 Å². The quantitative estimate of drug-likeness (QED) is 0.769. The number of anilines is 1. The standard InChI is InChI=1S/C12H21N3O2/c1-12(16,9-15(2)3)8-14-11-6-5-10(17-4)7-13-11/h5-7,16H,8-9H2,1-4H3,(H,13,14). The molecule has 1 unspecified atom stereocenters. The van der Waals surface area contributed by atoms with Gasteiger partial charge in [-0.1, -0.05) is 0 Å². The Morgan fingerprint density at radius 2 is 2.18 bits per heavy atom. The summed E-state index contributed by atoms with van der Waals surface area (Å²) in [5.41, 5.74) is -0.787. The van der Waals surface area contributed by atoms with Gasteiger partial charge in [-0.2, -0.15) is 0 Å². The predicted octanol–water partition coefficient (Wildman–Crippen LogP) is 0.815. The van der Waals surface area contributed by atoms with Crippen molar-refractivity contribution in [3.8, 4) is 5.75 Å². The van der Waals surface area contributed by atoms with Crippen molar-refractivity contribution in [3.63, 3.8) is 0 Å². The molecule has 0 aliphatic rings. The predicted molar refractivity (Wildman–Crippen MR) is 68.5 cm³/mol. The SMILES string of the molecule is COc1ccc(NCC(C)(O)CN(C)C)nc1. The lowest BCUT2D eigenvalue weighted by Crippen LogP contribution is -2.43. The Morgan fingerprint density at radius 3 is 2.65 bits per heavy atom. The molecule has 0 saturated heterocycles. The van der Waals surface area contributed by atoms with Gasteiger partial charge in [0, 0.05) is 13.1 Å². The smallest absolute Gasteiger partial charge is 0.137 e. The molecule has 5 heteroatoms. The number of nitrogens with zero attached hydrogens (tertiary/aromatic N) is 2. The lowest BCUT2D eigenvalue weighted by atomic mass is 10.1. The van der Waals surface area contributed by atoms with Crippen LogP contribution < -0.4 is 10.1 Å². The van der Waals surface area contributed by atoms with Gasteiger partial charge in [0.2, 0.25) is 0 Å². The highest BCUT2D eigenvalue weighted by Crippen LogP contribution is 2.12.